The molecule has 0 bridgehead atoms. The molecule has 0 amide bonds. The summed E-state index contributed by atoms with van der Waals surface area (Å²) in [7, 11) is 3.92. The Hall–Kier alpha value is -2.77. The monoisotopic (exact) mass is 502 g/mol. The summed E-state index contributed by atoms with van der Waals surface area (Å²) in [5.74, 6) is 3.24. The number of likely N-dealkylation sites (tertiary alicyclic amines) is 2. The lowest BCUT2D eigenvalue weighted by Crippen LogP contribution is -2.65. The van der Waals surface area contributed by atoms with Gasteiger partial charge in [-0.1, -0.05) is 0 Å². The lowest BCUT2D eigenvalue weighted by Gasteiger charge is -2.59. The highest BCUT2D eigenvalue weighted by atomic mass is 16.5. The smallest absolute Gasteiger partial charge is 0.163 e. The van der Waals surface area contributed by atoms with Crippen molar-refractivity contribution >= 4 is 16.6 Å². The maximum Gasteiger partial charge on any atom is 0.163 e. The molecule has 7 nitrogen and oxygen atoms in total. The van der Waals surface area contributed by atoms with Crippen molar-refractivity contribution in [1.29, 1.82) is 0 Å². The molecule has 1 spiro atoms. The summed E-state index contributed by atoms with van der Waals surface area (Å²) < 4.78 is 18.3. The molecule has 7 heteroatoms. The molecule has 1 N–H and O–H groups in total. The summed E-state index contributed by atoms with van der Waals surface area (Å²) in [6, 6.07) is 11.6. The van der Waals surface area contributed by atoms with Crippen LogP contribution < -0.4 is 14.8 Å². The number of anilines is 1. The van der Waals surface area contributed by atoms with Crippen molar-refractivity contribution in [3.05, 3.63) is 36.1 Å². The molecule has 2 saturated carbocycles. The van der Waals surface area contributed by atoms with Crippen molar-refractivity contribution in [3.8, 4) is 23.0 Å². The second-order valence-electron chi connectivity index (χ2n) is 12.0. The third-order valence-electron chi connectivity index (χ3n) is 8.92. The number of hydrogen-bond donors (Lipinski definition) is 1. The quantitative estimate of drug-likeness (QED) is 0.469. The number of piperidine rings is 1. The molecule has 0 atom stereocenters. The normalized spacial score (nSPS) is 22.7. The van der Waals surface area contributed by atoms with Crippen LogP contribution in [-0.4, -0.2) is 73.3 Å². The first-order valence-corrected chi connectivity index (χ1v) is 13.9. The van der Waals surface area contributed by atoms with E-state index in [1.165, 1.54) is 25.9 Å². The summed E-state index contributed by atoms with van der Waals surface area (Å²) in [6.45, 7) is 6.69. The molecular weight excluding hydrogens is 464 g/mol. The summed E-state index contributed by atoms with van der Waals surface area (Å²) >= 11 is 0. The minimum absolute atomic E-state index is 0.250. The molecule has 2 aromatic heterocycles. The van der Waals surface area contributed by atoms with Gasteiger partial charge in [0.15, 0.2) is 17.3 Å². The first kappa shape index (κ1) is 23.4. The molecular formula is C30H38N4O3. The number of methoxy groups -OCH3 is 1. The Morgan fingerprint density at radius 2 is 1.81 bits per heavy atom. The van der Waals surface area contributed by atoms with E-state index in [4.69, 9.17) is 18.9 Å². The molecule has 3 aromatic rings. The summed E-state index contributed by atoms with van der Waals surface area (Å²) in [6.07, 6.45) is 7.56. The Labute approximate surface area is 219 Å². The average Bonchev–Trinajstić information content (AvgIpc) is 3.59. The zero-order valence-electron chi connectivity index (χ0n) is 22.3. The van der Waals surface area contributed by atoms with Crippen LogP contribution in [-0.2, 0) is 0 Å². The molecule has 4 aliphatic rings. The number of hydrogen-bond acceptors (Lipinski definition) is 7. The zero-order valence-corrected chi connectivity index (χ0v) is 22.3. The van der Waals surface area contributed by atoms with Crippen molar-refractivity contribution in [1.82, 2.24) is 14.8 Å². The van der Waals surface area contributed by atoms with Crippen molar-refractivity contribution < 1.29 is 13.9 Å². The molecule has 37 heavy (non-hydrogen) atoms. The van der Waals surface area contributed by atoms with E-state index in [1.807, 2.05) is 19.1 Å². The average molecular weight is 503 g/mol. The van der Waals surface area contributed by atoms with Crippen LogP contribution in [0.25, 0.3) is 22.4 Å². The van der Waals surface area contributed by atoms with Gasteiger partial charge in [-0.2, -0.15) is 0 Å². The highest BCUT2D eigenvalue weighted by Crippen LogP contribution is 2.53. The van der Waals surface area contributed by atoms with E-state index < -0.39 is 0 Å². The minimum Gasteiger partial charge on any atom is -0.493 e. The number of ether oxygens (including phenoxy) is 2. The van der Waals surface area contributed by atoms with E-state index in [0.29, 0.717) is 11.5 Å². The zero-order chi connectivity index (χ0) is 25.1. The number of aryl methyl sites for hydroxylation is 1. The topological polar surface area (TPSA) is 63.0 Å². The first-order valence-electron chi connectivity index (χ1n) is 13.9. The first-order chi connectivity index (χ1) is 18.0. The van der Waals surface area contributed by atoms with Gasteiger partial charge < -0.3 is 24.1 Å². The molecule has 2 aliphatic heterocycles. The van der Waals surface area contributed by atoms with Gasteiger partial charge in [0.05, 0.1) is 12.6 Å². The Balaban J connectivity index is 1.17. The number of aromatic nitrogens is 1. The van der Waals surface area contributed by atoms with Crippen LogP contribution in [0.5, 0.6) is 11.5 Å². The Morgan fingerprint density at radius 1 is 1.03 bits per heavy atom. The van der Waals surface area contributed by atoms with Crippen LogP contribution in [0.15, 0.2) is 34.7 Å². The van der Waals surface area contributed by atoms with Crippen LogP contribution in [0.4, 0.5) is 5.69 Å². The van der Waals surface area contributed by atoms with Gasteiger partial charge in [-0.25, -0.2) is 4.98 Å². The molecule has 7 rings (SSSR count). The predicted octanol–water partition coefficient (Wildman–Crippen LogP) is 5.32. The van der Waals surface area contributed by atoms with Crippen LogP contribution in [0, 0.1) is 12.3 Å². The highest BCUT2D eigenvalue weighted by Gasteiger charge is 2.56. The van der Waals surface area contributed by atoms with Crippen molar-refractivity contribution in [2.75, 3.05) is 45.7 Å². The van der Waals surface area contributed by atoms with Crippen LogP contribution in [0.2, 0.25) is 0 Å². The van der Waals surface area contributed by atoms with Gasteiger partial charge in [-0.3, -0.25) is 4.90 Å². The fraction of sp³-hybridized carbons (Fsp3) is 0.567. The van der Waals surface area contributed by atoms with E-state index in [0.717, 1.165) is 90.1 Å². The molecule has 0 unspecified atom stereocenters. The molecule has 4 fully saturated rings. The molecule has 4 heterocycles. The van der Waals surface area contributed by atoms with E-state index in [1.54, 1.807) is 7.11 Å². The lowest BCUT2D eigenvalue weighted by atomic mass is 9.61. The lowest BCUT2D eigenvalue weighted by molar-refractivity contribution is -0.122. The van der Waals surface area contributed by atoms with Crippen molar-refractivity contribution in [2.45, 2.75) is 63.6 Å². The van der Waals surface area contributed by atoms with E-state index in [9.17, 15) is 0 Å². The third kappa shape index (κ3) is 4.46. The number of benzene rings is 1. The number of rotatable bonds is 7. The maximum atomic E-state index is 6.54. The van der Waals surface area contributed by atoms with Crippen molar-refractivity contribution in [3.63, 3.8) is 0 Å². The number of nitrogens with one attached hydrogen (secondary N) is 1. The van der Waals surface area contributed by atoms with Gasteiger partial charge in [0, 0.05) is 47.7 Å². The van der Waals surface area contributed by atoms with Gasteiger partial charge in [0.1, 0.15) is 17.6 Å². The Bertz CT molecular complexity index is 1290. The van der Waals surface area contributed by atoms with Gasteiger partial charge in [-0.15, -0.1) is 0 Å². The second-order valence-corrected chi connectivity index (χ2v) is 12.0. The van der Waals surface area contributed by atoms with Gasteiger partial charge in [0.2, 0.25) is 0 Å². The second kappa shape index (κ2) is 8.91. The summed E-state index contributed by atoms with van der Waals surface area (Å²) in [5.41, 5.74) is 3.30. The molecule has 2 saturated heterocycles. The SMILES string of the molecule is COc1cc2c(NC3CCN(C)CC3)cc(-c3ccc(C)o3)nc2cc1OC1CC2(C1)CN(C1CC1)C2. The Kier molecular flexibility index (Phi) is 5.63. The fourth-order valence-corrected chi connectivity index (χ4v) is 6.62. The number of nitrogens with zero attached hydrogens (tertiary/aromatic N) is 3. The summed E-state index contributed by atoms with van der Waals surface area (Å²) in [5, 5.41) is 4.89. The van der Waals surface area contributed by atoms with Crippen LogP contribution >= 0.6 is 0 Å². The minimum atomic E-state index is 0.250. The van der Waals surface area contributed by atoms with E-state index in [-0.39, 0.29) is 6.10 Å². The van der Waals surface area contributed by atoms with Crippen LogP contribution in [0.1, 0.15) is 44.3 Å². The van der Waals surface area contributed by atoms with Crippen molar-refractivity contribution in [2.24, 2.45) is 5.41 Å². The van der Waals surface area contributed by atoms with Crippen LogP contribution in [0.3, 0.4) is 0 Å². The van der Waals surface area contributed by atoms with Gasteiger partial charge in [0.25, 0.3) is 0 Å². The molecule has 2 aliphatic carbocycles. The molecule has 0 radical (unpaired) electrons. The fourth-order valence-electron chi connectivity index (χ4n) is 6.62. The third-order valence-corrected chi connectivity index (χ3v) is 8.92. The van der Waals surface area contributed by atoms with E-state index in [2.05, 4.69) is 40.4 Å². The van der Waals surface area contributed by atoms with Gasteiger partial charge >= 0.3 is 0 Å². The standard InChI is InChI=1S/C30H38N4O3/c1-19-4-7-27(36-19)26-13-24(31-20-8-10-33(2)11-9-20)23-12-28(35-3)29(14-25(23)32-26)37-22-15-30(16-22)17-34(18-30)21-5-6-21/h4,7,12-14,20-22H,5-6,8-11,15-18H2,1-3H3,(H,31,32). The van der Waals surface area contributed by atoms with E-state index >= 15 is 0 Å². The highest BCUT2D eigenvalue weighted by molar-refractivity contribution is 5.95. The maximum absolute atomic E-state index is 6.54. The summed E-state index contributed by atoms with van der Waals surface area (Å²) in [4.78, 5) is 10.1. The molecule has 196 valence electrons. The predicted molar refractivity (Wildman–Crippen MR) is 146 cm³/mol. The Morgan fingerprint density at radius 3 is 2.49 bits per heavy atom. The molecule has 1 aromatic carbocycles. The number of fused-ring (bicyclic) bond motifs is 1. The largest absolute Gasteiger partial charge is 0.493 e. The van der Waals surface area contributed by atoms with Gasteiger partial charge in [-0.05, 0) is 89.9 Å². The number of furan rings is 1. The number of pyridine rings is 1.